The summed E-state index contributed by atoms with van der Waals surface area (Å²) in [7, 11) is 0. The first-order chi connectivity index (χ1) is 11.6. The van der Waals surface area contributed by atoms with Gasteiger partial charge >= 0.3 is 0 Å². The summed E-state index contributed by atoms with van der Waals surface area (Å²) in [6, 6.07) is 11.7. The lowest BCUT2D eigenvalue weighted by Crippen LogP contribution is -2.18. The highest BCUT2D eigenvalue weighted by molar-refractivity contribution is 7.13. The smallest absolute Gasteiger partial charge is 0.226 e. The van der Waals surface area contributed by atoms with Crippen LogP contribution in [0.5, 0.6) is 0 Å². The van der Waals surface area contributed by atoms with Gasteiger partial charge < -0.3 is 9.88 Å². The maximum Gasteiger partial charge on any atom is 0.226 e. The molecule has 0 radical (unpaired) electrons. The molecular formula is C18H18ClN3OS. The molecular weight excluding hydrogens is 342 g/mol. The summed E-state index contributed by atoms with van der Waals surface area (Å²) in [6.07, 6.45) is 4.40. The number of halogens is 1. The van der Waals surface area contributed by atoms with Gasteiger partial charge in [0.2, 0.25) is 5.91 Å². The third-order valence-corrected chi connectivity index (χ3v) is 4.86. The van der Waals surface area contributed by atoms with E-state index in [9.17, 15) is 4.79 Å². The molecule has 0 saturated carbocycles. The second-order valence-electron chi connectivity index (χ2n) is 5.67. The minimum absolute atomic E-state index is 0.0311. The number of aryl methyl sites for hydroxylation is 1. The molecule has 2 aromatic heterocycles. The number of rotatable bonds is 6. The van der Waals surface area contributed by atoms with Crippen molar-refractivity contribution < 1.29 is 4.79 Å². The molecule has 0 spiro atoms. The zero-order chi connectivity index (χ0) is 16.9. The van der Waals surface area contributed by atoms with Crippen LogP contribution in [0.1, 0.15) is 23.6 Å². The monoisotopic (exact) mass is 359 g/mol. The van der Waals surface area contributed by atoms with E-state index in [-0.39, 0.29) is 11.8 Å². The molecule has 124 valence electrons. The Labute approximate surface area is 150 Å². The predicted molar refractivity (Wildman–Crippen MR) is 98.7 cm³/mol. The molecule has 3 aromatic rings. The zero-order valence-corrected chi connectivity index (χ0v) is 14.8. The molecule has 0 aliphatic rings. The molecule has 1 amide bonds. The van der Waals surface area contributed by atoms with Crippen molar-refractivity contribution in [2.24, 2.45) is 0 Å². The Morgan fingerprint density at radius 1 is 1.29 bits per heavy atom. The summed E-state index contributed by atoms with van der Waals surface area (Å²) >= 11 is 7.43. The van der Waals surface area contributed by atoms with Gasteiger partial charge in [-0.2, -0.15) is 0 Å². The molecule has 0 aliphatic heterocycles. The second kappa shape index (κ2) is 7.64. The number of benzene rings is 1. The predicted octanol–water partition coefficient (Wildman–Crippen LogP) is 4.72. The lowest BCUT2D eigenvalue weighted by molar-refractivity contribution is -0.116. The standard InChI is InChI=1S/C18H18ClN3OS/c1-13-12-24-18(20-13)21-17(23)10-15(11-22-8-2-3-9-22)14-4-6-16(19)7-5-14/h2-9,12,15H,10-11H2,1H3,(H,20,21,23)/t15-/m1/s1. The van der Waals surface area contributed by atoms with E-state index in [4.69, 9.17) is 11.6 Å². The molecule has 0 fully saturated rings. The van der Waals surface area contributed by atoms with Gasteiger partial charge in [0.05, 0.1) is 5.69 Å². The van der Waals surface area contributed by atoms with Gasteiger partial charge in [-0.25, -0.2) is 4.98 Å². The molecule has 0 unspecified atom stereocenters. The van der Waals surface area contributed by atoms with Gasteiger partial charge in [-0.3, -0.25) is 4.79 Å². The molecule has 2 heterocycles. The second-order valence-corrected chi connectivity index (χ2v) is 6.97. The number of thiazole rings is 1. The van der Waals surface area contributed by atoms with Crippen molar-refractivity contribution in [1.29, 1.82) is 0 Å². The number of amides is 1. The van der Waals surface area contributed by atoms with Gasteiger partial charge in [0.25, 0.3) is 0 Å². The van der Waals surface area contributed by atoms with Crippen LogP contribution in [0.25, 0.3) is 0 Å². The molecule has 1 aromatic carbocycles. The summed E-state index contributed by atoms with van der Waals surface area (Å²) in [5.41, 5.74) is 2.01. The maximum atomic E-state index is 12.4. The van der Waals surface area contributed by atoms with E-state index in [0.717, 1.165) is 17.8 Å². The maximum absolute atomic E-state index is 12.4. The SMILES string of the molecule is Cc1csc(NC(=O)C[C@H](Cn2cccc2)c2ccc(Cl)cc2)n1. The van der Waals surface area contributed by atoms with E-state index in [0.29, 0.717) is 16.6 Å². The topological polar surface area (TPSA) is 46.9 Å². The largest absolute Gasteiger partial charge is 0.354 e. The van der Waals surface area contributed by atoms with E-state index in [1.54, 1.807) is 0 Å². The van der Waals surface area contributed by atoms with Crippen molar-refractivity contribution in [3.05, 3.63) is 70.5 Å². The van der Waals surface area contributed by atoms with Crippen molar-refractivity contribution >= 4 is 34.0 Å². The first-order valence-electron chi connectivity index (χ1n) is 7.68. The lowest BCUT2D eigenvalue weighted by atomic mass is 9.95. The molecule has 1 atom stereocenters. The summed E-state index contributed by atoms with van der Waals surface area (Å²) in [4.78, 5) is 16.7. The Hall–Kier alpha value is -2.11. The summed E-state index contributed by atoms with van der Waals surface area (Å²) < 4.78 is 2.08. The molecule has 1 N–H and O–H groups in total. The molecule has 0 aliphatic carbocycles. The normalized spacial score (nSPS) is 12.1. The molecule has 0 bridgehead atoms. The number of anilines is 1. The number of hydrogen-bond acceptors (Lipinski definition) is 3. The van der Waals surface area contributed by atoms with Crippen LogP contribution >= 0.6 is 22.9 Å². The summed E-state index contributed by atoms with van der Waals surface area (Å²) in [6.45, 7) is 2.65. The van der Waals surface area contributed by atoms with Crippen LogP contribution in [0.15, 0.2) is 54.2 Å². The van der Waals surface area contributed by atoms with Crippen molar-refractivity contribution in [3.8, 4) is 0 Å². The molecule has 6 heteroatoms. The van der Waals surface area contributed by atoms with Crippen LogP contribution < -0.4 is 5.32 Å². The number of carbonyl (C=O) groups is 1. The van der Waals surface area contributed by atoms with E-state index in [1.807, 2.05) is 61.1 Å². The Morgan fingerprint density at radius 3 is 2.62 bits per heavy atom. The highest BCUT2D eigenvalue weighted by atomic mass is 35.5. The first kappa shape index (κ1) is 16.7. The van der Waals surface area contributed by atoms with Gasteiger partial charge in [0, 0.05) is 41.7 Å². The third kappa shape index (κ3) is 4.46. The highest BCUT2D eigenvalue weighted by Gasteiger charge is 2.17. The van der Waals surface area contributed by atoms with Gasteiger partial charge in [-0.15, -0.1) is 11.3 Å². The van der Waals surface area contributed by atoms with Crippen LogP contribution in [0.3, 0.4) is 0 Å². The third-order valence-electron chi connectivity index (χ3n) is 3.74. The first-order valence-corrected chi connectivity index (χ1v) is 8.94. The molecule has 0 saturated heterocycles. The lowest BCUT2D eigenvalue weighted by Gasteiger charge is -2.18. The Kier molecular flexibility index (Phi) is 5.33. The average molecular weight is 360 g/mol. The summed E-state index contributed by atoms with van der Waals surface area (Å²) in [5, 5.41) is 6.15. The van der Waals surface area contributed by atoms with Crippen LogP contribution in [0, 0.1) is 6.92 Å². The summed E-state index contributed by atoms with van der Waals surface area (Å²) in [5.74, 6) is 0.0344. The van der Waals surface area contributed by atoms with Crippen LogP contribution in [-0.4, -0.2) is 15.5 Å². The molecule has 3 rings (SSSR count). The van der Waals surface area contributed by atoms with Crippen LogP contribution in [0.2, 0.25) is 5.02 Å². The van der Waals surface area contributed by atoms with Crippen molar-refractivity contribution in [2.45, 2.75) is 25.8 Å². The van der Waals surface area contributed by atoms with Crippen LogP contribution in [0.4, 0.5) is 5.13 Å². The Morgan fingerprint density at radius 2 is 2.00 bits per heavy atom. The van der Waals surface area contributed by atoms with Gasteiger partial charge in [-0.05, 0) is 36.8 Å². The average Bonchev–Trinajstić information content (AvgIpc) is 3.19. The Balaban J connectivity index is 1.73. The Bertz CT molecular complexity index is 796. The van der Waals surface area contributed by atoms with Crippen molar-refractivity contribution in [1.82, 2.24) is 9.55 Å². The zero-order valence-electron chi connectivity index (χ0n) is 13.3. The number of hydrogen-bond donors (Lipinski definition) is 1. The minimum Gasteiger partial charge on any atom is -0.354 e. The van der Waals surface area contributed by atoms with Gasteiger partial charge in [0.1, 0.15) is 0 Å². The van der Waals surface area contributed by atoms with Gasteiger partial charge in [0.15, 0.2) is 5.13 Å². The minimum atomic E-state index is -0.0311. The fourth-order valence-electron chi connectivity index (χ4n) is 2.57. The number of nitrogens with one attached hydrogen (secondary N) is 1. The fourth-order valence-corrected chi connectivity index (χ4v) is 3.40. The van der Waals surface area contributed by atoms with Gasteiger partial charge in [-0.1, -0.05) is 23.7 Å². The fraction of sp³-hybridized carbons (Fsp3) is 0.222. The van der Waals surface area contributed by atoms with E-state index in [2.05, 4.69) is 14.9 Å². The van der Waals surface area contributed by atoms with Crippen molar-refractivity contribution in [3.63, 3.8) is 0 Å². The highest BCUT2D eigenvalue weighted by Crippen LogP contribution is 2.25. The van der Waals surface area contributed by atoms with E-state index >= 15 is 0 Å². The van der Waals surface area contributed by atoms with E-state index < -0.39 is 0 Å². The number of carbonyl (C=O) groups excluding carboxylic acids is 1. The number of aromatic nitrogens is 2. The number of nitrogens with zero attached hydrogens (tertiary/aromatic N) is 2. The van der Waals surface area contributed by atoms with Crippen molar-refractivity contribution in [2.75, 3.05) is 5.32 Å². The van der Waals surface area contributed by atoms with E-state index in [1.165, 1.54) is 11.3 Å². The quantitative estimate of drug-likeness (QED) is 0.692. The molecule has 4 nitrogen and oxygen atoms in total. The van der Waals surface area contributed by atoms with Crippen LogP contribution in [-0.2, 0) is 11.3 Å². The molecule has 24 heavy (non-hydrogen) atoms.